The van der Waals surface area contributed by atoms with Crippen LogP contribution in [0.4, 0.5) is 5.82 Å². The molecule has 0 radical (unpaired) electrons. The summed E-state index contributed by atoms with van der Waals surface area (Å²) in [4.78, 5) is 16.5. The zero-order valence-corrected chi connectivity index (χ0v) is 17.8. The van der Waals surface area contributed by atoms with Crippen LogP contribution in [0.25, 0.3) is 16.9 Å². The highest BCUT2D eigenvalue weighted by atomic mass is 16.4. The van der Waals surface area contributed by atoms with Gasteiger partial charge in [0.2, 0.25) is 5.91 Å². The van der Waals surface area contributed by atoms with Crippen LogP contribution in [0.3, 0.4) is 0 Å². The molecule has 0 fully saturated rings. The highest BCUT2D eigenvalue weighted by Crippen LogP contribution is 2.26. The number of benzene rings is 2. The number of carbonyl (C=O) groups is 1. The van der Waals surface area contributed by atoms with Gasteiger partial charge in [-0.25, -0.2) is 0 Å². The Morgan fingerprint density at radius 3 is 2.66 bits per heavy atom. The van der Waals surface area contributed by atoms with E-state index in [2.05, 4.69) is 15.5 Å². The topological polar surface area (TPSA) is 139 Å². The predicted molar refractivity (Wildman–Crippen MR) is 123 cm³/mol. The van der Waals surface area contributed by atoms with E-state index in [-0.39, 0.29) is 0 Å². The largest absolute Gasteiger partial charge is 0.488 e. The van der Waals surface area contributed by atoms with Crippen LogP contribution in [0.15, 0.2) is 48.5 Å². The number of anilines is 1. The molecule has 1 amide bonds. The Labute approximate surface area is 185 Å². The van der Waals surface area contributed by atoms with Crippen molar-refractivity contribution in [2.24, 2.45) is 5.73 Å². The smallest absolute Gasteiger partial charge is 0.423 e. The quantitative estimate of drug-likeness (QED) is 0.322. The van der Waals surface area contributed by atoms with Gasteiger partial charge in [0.1, 0.15) is 5.69 Å². The first-order chi connectivity index (χ1) is 15.4. The lowest BCUT2D eigenvalue weighted by Gasteiger charge is -2.13. The zero-order chi connectivity index (χ0) is 22.8. The van der Waals surface area contributed by atoms with Crippen molar-refractivity contribution in [1.82, 2.24) is 19.7 Å². The number of nitrogens with two attached hydrogens (primary N) is 1. The predicted octanol–water partition coefficient (Wildman–Crippen LogP) is 1.08. The lowest BCUT2D eigenvalue weighted by molar-refractivity contribution is 0.100. The average molecular weight is 430 g/mol. The summed E-state index contributed by atoms with van der Waals surface area (Å²) in [5.41, 5.74) is 9.57. The van der Waals surface area contributed by atoms with Gasteiger partial charge < -0.3 is 21.1 Å². The zero-order valence-electron chi connectivity index (χ0n) is 17.8. The molecular formula is C22H23BN6O3. The minimum atomic E-state index is -1.52. The van der Waals surface area contributed by atoms with E-state index in [4.69, 9.17) is 10.7 Å². The molecule has 0 bridgehead atoms. The second-order valence-corrected chi connectivity index (χ2v) is 7.46. The summed E-state index contributed by atoms with van der Waals surface area (Å²) in [6.45, 7) is 4.29. The van der Waals surface area contributed by atoms with Gasteiger partial charge in [0, 0.05) is 23.2 Å². The van der Waals surface area contributed by atoms with Gasteiger partial charge in [-0.2, -0.15) is 4.98 Å². The van der Waals surface area contributed by atoms with Crippen molar-refractivity contribution in [2.45, 2.75) is 26.8 Å². The second-order valence-electron chi connectivity index (χ2n) is 7.46. The van der Waals surface area contributed by atoms with Crippen molar-refractivity contribution < 1.29 is 14.8 Å². The first-order valence-electron chi connectivity index (χ1n) is 10.2. The van der Waals surface area contributed by atoms with Gasteiger partial charge in [-0.15, -0.1) is 10.2 Å². The van der Waals surface area contributed by atoms with Crippen LogP contribution < -0.4 is 16.5 Å². The first-order valence-corrected chi connectivity index (χ1v) is 10.2. The number of hydrogen-bond acceptors (Lipinski definition) is 7. The Bertz CT molecular complexity index is 1300. The maximum atomic E-state index is 11.8. The van der Waals surface area contributed by atoms with E-state index < -0.39 is 13.0 Å². The Kier molecular flexibility index (Phi) is 5.89. The monoisotopic (exact) mass is 430 g/mol. The number of fused-ring (bicyclic) bond motifs is 1. The number of rotatable bonds is 7. The van der Waals surface area contributed by atoms with Crippen molar-refractivity contribution >= 4 is 35.2 Å². The minimum absolute atomic E-state index is 0.373. The van der Waals surface area contributed by atoms with E-state index in [0.29, 0.717) is 41.5 Å². The molecule has 0 aliphatic rings. The molecule has 0 saturated carbocycles. The number of primary amides is 1. The van der Waals surface area contributed by atoms with Gasteiger partial charge in [0.25, 0.3) is 5.95 Å². The molecule has 32 heavy (non-hydrogen) atoms. The van der Waals surface area contributed by atoms with Crippen LogP contribution in [-0.4, -0.2) is 42.8 Å². The third kappa shape index (κ3) is 4.05. The highest BCUT2D eigenvalue weighted by molar-refractivity contribution is 6.58. The Morgan fingerprint density at radius 1 is 1.16 bits per heavy atom. The molecular weight excluding hydrogens is 407 g/mol. The molecule has 0 aliphatic carbocycles. The third-order valence-electron chi connectivity index (χ3n) is 5.28. The molecule has 0 spiro atoms. The molecule has 2 aromatic carbocycles. The van der Waals surface area contributed by atoms with Crippen LogP contribution in [0.1, 0.15) is 34.2 Å². The summed E-state index contributed by atoms with van der Waals surface area (Å²) < 4.78 is 1.84. The minimum Gasteiger partial charge on any atom is -0.423 e. The molecule has 0 saturated heterocycles. The van der Waals surface area contributed by atoms with E-state index in [1.54, 1.807) is 30.3 Å². The molecule has 162 valence electrons. The van der Waals surface area contributed by atoms with Crippen molar-refractivity contribution in [3.8, 4) is 5.95 Å². The number of aromatic nitrogens is 4. The molecule has 0 atom stereocenters. The number of nitrogens with one attached hydrogen (secondary N) is 1. The van der Waals surface area contributed by atoms with Crippen LogP contribution >= 0.6 is 0 Å². The molecule has 2 aromatic heterocycles. The Morgan fingerprint density at radius 2 is 1.94 bits per heavy atom. The number of hydrogen-bond donors (Lipinski definition) is 4. The van der Waals surface area contributed by atoms with Gasteiger partial charge in [-0.3, -0.25) is 9.36 Å². The summed E-state index contributed by atoms with van der Waals surface area (Å²) >= 11 is 0. The molecule has 4 rings (SSSR count). The molecule has 0 unspecified atom stereocenters. The van der Waals surface area contributed by atoms with E-state index >= 15 is 0 Å². The maximum absolute atomic E-state index is 11.8. The molecule has 2 heterocycles. The van der Waals surface area contributed by atoms with E-state index in [1.807, 2.05) is 36.6 Å². The summed E-state index contributed by atoms with van der Waals surface area (Å²) in [6.07, 6.45) is 0.634. The van der Waals surface area contributed by atoms with Crippen molar-refractivity contribution in [2.75, 3.05) is 5.32 Å². The maximum Gasteiger partial charge on any atom is 0.488 e. The van der Waals surface area contributed by atoms with Crippen LogP contribution in [0, 0.1) is 6.92 Å². The normalized spacial score (nSPS) is 11.0. The SMILES string of the molecule is CCc1nnc(-n2c(C)cc3c(C(N)=O)cccc32)nc1NCc1cccc(B(O)O)c1. The molecule has 4 aromatic rings. The Hall–Kier alpha value is -3.76. The summed E-state index contributed by atoms with van der Waals surface area (Å²) in [6, 6.07) is 14.2. The van der Waals surface area contributed by atoms with Gasteiger partial charge in [0.05, 0.1) is 5.52 Å². The van der Waals surface area contributed by atoms with Crippen LogP contribution in [-0.2, 0) is 13.0 Å². The fourth-order valence-electron chi connectivity index (χ4n) is 3.71. The number of aryl methyl sites for hydroxylation is 2. The second kappa shape index (κ2) is 8.78. The summed E-state index contributed by atoms with van der Waals surface area (Å²) in [7, 11) is -1.52. The molecule has 0 aliphatic heterocycles. The van der Waals surface area contributed by atoms with E-state index in [1.165, 1.54) is 0 Å². The van der Waals surface area contributed by atoms with Gasteiger partial charge in [0.15, 0.2) is 5.82 Å². The van der Waals surface area contributed by atoms with Crippen LogP contribution in [0.5, 0.6) is 0 Å². The van der Waals surface area contributed by atoms with E-state index in [9.17, 15) is 14.8 Å². The molecule has 5 N–H and O–H groups in total. The first kappa shape index (κ1) is 21.5. The van der Waals surface area contributed by atoms with Crippen LogP contribution in [0.2, 0.25) is 0 Å². The fraction of sp³-hybridized carbons (Fsp3) is 0.182. The van der Waals surface area contributed by atoms with Crippen molar-refractivity contribution in [3.05, 3.63) is 71.0 Å². The van der Waals surface area contributed by atoms with E-state index in [0.717, 1.165) is 22.2 Å². The Balaban J connectivity index is 1.72. The summed E-state index contributed by atoms with van der Waals surface area (Å²) in [5.74, 6) is 0.462. The highest BCUT2D eigenvalue weighted by Gasteiger charge is 2.17. The standard InChI is InChI=1S/C22H23BN6O3/c1-3-18-21(25-12-14-6-4-7-15(11-14)23(31)32)26-22(28-27-18)29-13(2)10-17-16(20(24)30)8-5-9-19(17)29/h4-11,31-32H,3,12H2,1-2H3,(H2,24,30)(H,25,26,28). The third-order valence-corrected chi connectivity index (χ3v) is 5.28. The summed E-state index contributed by atoms with van der Waals surface area (Å²) in [5, 5.41) is 31.5. The number of nitrogens with zero attached hydrogens (tertiary/aromatic N) is 4. The van der Waals surface area contributed by atoms with Crippen molar-refractivity contribution in [1.29, 1.82) is 0 Å². The van der Waals surface area contributed by atoms with Gasteiger partial charge in [-0.05, 0) is 42.6 Å². The van der Waals surface area contributed by atoms with Gasteiger partial charge >= 0.3 is 7.12 Å². The lowest BCUT2D eigenvalue weighted by Crippen LogP contribution is -2.30. The number of amides is 1. The van der Waals surface area contributed by atoms with Gasteiger partial charge in [-0.1, -0.05) is 37.3 Å². The fourth-order valence-corrected chi connectivity index (χ4v) is 3.71. The molecule has 9 nitrogen and oxygen atoms in total. The molecule has 10 heteroatoms. The average Bonchev–Trinajstić information content (AvgIpc) is 3.13. The number of carbonyl (C=O) groups excluding carboxylic acids is 1. The van der Waals surface area contributed by atoms with Crippen molar-refractivity contribution in [3.63, 3.8) is 0 Å². The lowest BCUT2D eigenvalue weighted by atomic mass is 9.80.